The third kappa shape index (κ3) is 4.24. The van der Waals surface area contributed by atoms with E-state index in [0.29, 0.717) is 5.75 Å². The molecule has 0 amide bonds. The lowest BCUT2D eigenvalue weighted by molar-refractivity contribution is 0.102. The number of carbonyl (C=O) groups excluding carboxylic acids is 1. The molecule has 0 saturated carbocycles. The van der Waals surface area contributed by atoms with Crippen molar-refractivity contribution in [3.05, 3.63) is 69.9 Å². The summed E-state index contributed by atoms with van der Waals surface area (Å²) in [6.45, 7) is 4.98. The molecule has 0 aliphatic rings. The zero-order chi connectivity index (χ0) is 21.1. The van der Waals surface area contributed by atoms with E-state index < -0.39 is 0 Å². The van der Waals surface area contributed by atoms with Gasteiger partial charge in [-0.05, 0) is 49.9 Å². The zero-order valence-electron chi connectivity index (χ0n) is 17.2. The number of thiophene rings is 1. The number of aryl methyl sites for hydroxylation is 2. The number of rotatable bonds is 8. The van der Waals surface area contributed by atoms with Crippen molar-refractivity contribution in [1.29, 1.82) is 0 Å². The summed E-state index contributed by atoms with van der Waals surface area (Å²) in [7, 11) is 1.92. The number of hydrogen-bond donors (Lipinski definition) is 0. The lowest BCUT2D eigenvalue weighted by Crippen LogP contribution is -2.08. The quantitative estimate of drug-likeness (QED) is 0.298. The number of nitrogens with zero attached hydrogens (tertiary/aromatic N) is 5. The van der Waals surface area contributed by atoms with Crippen LogP contribution in [-0.4, -0.2) is 35.9 Å². The van der Waals surface area contributed by atoms with Crippen LogP contribution in [-0.2, 0) is 20.0 Å². The van der Waals surface area contributed by atoms with Gasteiger partial charge in [0.2, 0.25) is 0 Å². The van der Waals surface area contributed by atoms with E-state index in [1.54, 1.807) is 23.7 Å². The van der Waals surface area contributed by atoms with Crippen LogP contribution in [0.1, 0.15) is 26.6 Å². The molecule has 6 nitrogen and oxygen atoms in total. The predicted octanol–water partition coefficient (Wildman–Crippen LogP) is 4.57. The van der Waals surface area contributed by atoms with Gasteiger partial charge in [0, 0.05) is 53.4 Å². The molecule has 0 atom stereocenters. The number of ketones is 1. The van der Waals surface area contributed by atoms with Crippen molar-refractivity contribution in [1.82, 2.24) is 24.3 Å². The zero-order valence-corrected chi connectivity index (χ0v) is 18.8. The van der Waals surface area contributed by atoms with Crippen LogP contribution in [0.25, 0.3) is 11.4 Å². The maximum Gasteiger partial charge on any atom is 0.191 e. The van der Waals surface area contributed by atoms with E-state index in [9.17, 15) is 4.79 Å². The highest BCUT2D eigenvalue weighted by Crippen LogP contribution is 2.24. The lowest BCUT2D eigenvalue weighted by Gasteiger charge is -2.09. The molecule has 0 aliphatic heterocycles. The summed E-state index contributed by atoms with van der Waals surface area (Å²) < 4.78 is 4.15. The average molecular weight is 438 g/mol. The van der Waals surface area contributed by atoms with Crippen molar-refractivity contribution < 1.29 is 4.79 Å². The Morgan fingerprint density at radius 2 is 1.97 bits per heavy atom. The first-order valence-electron chi connectivity index (χ1n) is 9.69. The molecule has 0 fully saturated rings. The Bertz CT molecular complexity index is 1150. The molecular formula is C22H23N5OS2. The second kappa shape index (κ2) is 8.97. The smallest absolute Gasteiger partial charge is 0.191 e. The van der Waals surface area contributed by atoms with Crippen LogP contribution in [0, 0.1) is 13.8 Å². The number of hydrogen-bond acceptors (Lipinski definition) is 6. The van der Waals surface area contributed by atoms with Gasteiger partial charge in [0.05, 0.1) is 5.75 Å². The lowest BCUT2D eigenvalue weighted by atomic mass is 10.2. The van der Waals surface area contributed by atoms with Crippen LogP contribution in [0.4, 0.5) is 0 Å². The Morgan fingerprint density at radius 1 is 1.17 bits per heavy atom. The fourth-order valence-corrected chi connectivity index (χ4v) is 5.00. The average Bonchev–Trinajstić information content (AvgIpc) is 3.46. The minimum atomic E-state index is 0.115. The maximum absolute atomic E-state index is 12.9. The molecule has 0 saturated heterocycles. The van der Waals surface area contributed by atoms with Crippen molar-refractivity contribution in [3.8, 4) is 11.4 Å². The Balaban J connectivity index is 1.43. The molecule has 0 aliphatic carbocycles. The summed E-state index contributed by atoms with van der Waals surface area (Å²) in [6, 6.07) is 10.0. The molecule has 0 radical (unpaired) electrons. The second-order valence-electron chi connectivity index (χ2n) is 7.08. The Labute approximate surface area is 184 Å². The highest BCUT2D eigenvalue weighted by molar-refractivity contribution is 7.99. The van der Waals surface area contributed by atoms with Gasteiger partial charge in [-0.3, -0.25) is 9.78 Å². The van der Waals surface area contributed by atoms with Crippen LogP contribution in [0.5, 0.6) is 0 Å². The molecule has 30 heavy (non-hydrogen) atoms. The largest absolute Gasteiger partial charge is 0.348 e. The summed E-state index contributed by atoms with van der Waals surface area (Å²) in [5, 5.41) is 11.4. The summed E-state index contributed by atoms with van der Waals surface area (Å²) in [5.74, 6) is 1.21. The van der Waals surface area contributed by atoms with Crippen molar-refractivity contribution in [3.63, 3.8) is 0 Å². The molecule has 0 N–H and O–H groups in total. The number of thioether (sulfide) groups is 1. The van der Waals surface area contributed by atoms with Gasteiger partial charge in [-0.2, -0.15) is 0 Å². The summed E-state index contributed by atoms with van der Waals surface area (Å²) >= 11 is 3.19. The maximum atomic E-state index is 12.9. The van der Waals surface area contributed by atoms with Crippen molar-refractivity contribution in [2.45, 2.75) is 32.0 Å². The van der Waals surface area contributed by atoms with Gasteiger partial charge < -0.3 is 9.13 Å². The fourth-order valence-electron chi connectivity index (χ4n) is 3.51. The van der Waals surface area contributed by atoms with Crippen molar-refractivity contribution >= 4 is 28.9 Å². The van der Waals surface area contributed by atoms with Gasteiger partial charge in [-0.25, -0.2) is 0 Å². The predicted molar refractivity (Wildman–Crippen MR) is 121 cm³/mol. The van der Waals surface area contributed by atoms with Gasteiger partial charge in [-0.15, -0.1) is 21.5 Å². The second-order valence-corrected chi connectivity index (χ2v) is 9.05. The molecule has 4 aromatic heterocycles. The third-order valence-corrected chi connectivity index (χ3v) is 7.10. The Morgan fingerprint density at radius 3 is 2.70 bits per heavy atom. The van der Waals surface area contributed by atoms with E-state index in [4.69, 9.17) is 0 Å². The molecule has 154 valence electrons. The van der Waals surface area contributed by atoms with E-state index in [1.807, 2.05) is 36.7 Å². The summed E-state index contributed by atoms with van der Waals surface area (Å²) in [5.41, 5.74) is 3.90. The van der Waals surface area contributed by atoms with Crippen LogP contribution in [0.2, 0.25) is 0 Å². The SMILES string of the molecule is Cc1cc(C(=O)CSc2nnc(-c3ccncc3)n2C)c(C)n1CCc1cccs1. The first-order chi connectivity index (χ1) is 14.5. The number of aromatic nitrogens is 5. The number of pyridine rings is 1. The Hall–Kier alpha value is -2.71. The van der Waals surface area contributed by atoms with Gasteiger partial charge in [0.15, 0.2) is 16.8 Å². The molecule has 4 aromatic rings. The topological polar surface area (TPSA) is 65.6 Å². The number of Topliss-reactive ketones (excluding diaryl/α,β-unsaturated/α-hetero) is 1. The first kappa shape index (κ1) is 20.6. The van der Waals surface area contributed by atoms with E-state index in [2.05, 4.69) is 44.2 Å². The molecule has 0 aromatic carbocycles. The van der Waals surface area contributed by atoms with Gasteiger partial charge >= 0.3 is 0 Å². The minimum Gasteiger partial charge on any atom is -0.348 e. The highest BCUT2D eigenvalue weighted by Gasteiger charge is 2.18. The standard InChI is InChI=1S/C22H23N5OS2/c1-15-13-19(16(2)27(15)11-8-18-5-4-12-29-18)20(28)14-30-22-25-24-21(26(22)3)17-6-9-23-10-7-17/h4-7,9-10,12-13H,8,11,14H2,1-3H3. The van der Waals surface area contributed by atoms with E-state index in [0.717, 1.165) is 46.5 Å². The molecule has 4 rings (SSSR count). The molecule has 0 unspecified atom stereocenters. The normalized spacial score (nSPS) is 11.2. The molecule has 4 heterocycles. The molecule has 0 spiro atoms. The summed E-state index contributed by atoms with van der Waals surface area (Å²) in [6.07, 6.45) is 4.44. The number of carbonyl (C=O) groups is 1. The first-order valence-corrected chi connectivity index (χ1v) is 11.6. The van der Waals surface area contributed by atoms with E-state index in [1.165, 1.54) is 16.6 Å². The van der Waals surface area contributed by atoms with Gasteiger partial charge in [-0.1, -0.05) is 17.8 Å². The monoisotopic (exact) mass is 437 g/mol. The van der Waals surface area contributed by atoms with Crippen LogP contribution in [0.3, 0.4) is 0 Å². The molecule has 0 bridgehead atoms. The van der Waals surface area contributed by atoms with E-state index >= 15 is 0 Å². The fraction of sp³-hybridized carbons (Fsp3) is 0.273. The summed E-state index contributed by atoms with van der Waals surface area (Å²) in [4.78, 5) is 18.3. The minimum absolute atomic E-state index is 0.115. The van der Waals surface area contributed by atoms with Crippen LogP contribution >= 0.6 is 23.1 Å². The van der Waals surface area contributed by atoms with Gasteiger partial charge in [0.1, 0.15) is 0 Å². The van der Waals surface area contributed by atoms with E-state index in [-0.39, 0.29) is 5.78 Å². The highest BCUT2D eigenvalue weighted by atomic mass is 32.2. The van der Waals surface area contributed by atoms with Crippen molar-refractivity contribution in [2.75, 3.05) is 5.75 Å². The third-order valence-electron chi connectivity index (χ3n) is 5.14. The Kier molecular flexibility index (Phi) is 6.15. The van der Waals surface area contributed by atoms with Crippen LogP contribution in [0.15, 0.2) is 53.3 Å². The van der Waals surface area contributed by atoms with Crippen LogP contribution < -0.4 is 0 Å². The van der Waals surface area contributed by atoms with Crippen molar-refractivity contribution in [2.24, 2.45) is 7.05 Å². The van der Waals surface area contributed by atoms with Gasteiger partial charge in [0.25, 0.3) is 0 Å². The molecular weight excluding hydrogens is 414 g/mol. The molecule has 8 heteroatoms.